The first-order valence-electron chi connectivity index (χ1n) is 8.98. The van der Waals surface area contributed by atoms with Crippen molar-refractivity contribution in [2.24, 2.45) is 40.2 Å². The monoisotopic (exact) mass is 321 g/mol. The van der Waals surface area contributed by atoms with E-state index in [-0.39, 0.29) is 34.4 Å². The quantitative estimate of drug-likeness (QED) is 0.640. The lowest BCUT2D eigenvalue weighted by Crippen LogP contribution is -2.58. The van der Waals surface area contributed by atoms with Gasteiger partial charge < -0.3 is 15.9 Å². The molecule has 0 bridgehead atoms. The van der Waals surface area contributed by atoms with Gasteiger partial charge in [-0.15, -0.1) is 0 Å². The van der Waals surface area contributed by atoms with Crippen molar-refractivity contribution in [1.82, 2.24) is 0 Å². The average molecular weight is 321 g/mol. The number of hydrogen-bond donors (Lipinski definition) is 3. The van der Waals surface area contributed by atoms with Crippen molar-refractivity contribution < 1.29 is 14.6 Å². The van der Waals surface area contributed by atoms with Crippen LogP contribution >= 0.6 is 0 Å². The summed E-state index contributed by atoms with van der Waals surface area (Å²) in [6.45, 7) is 4.40. The molecule has 0 amide bonds. The van der Waals surface area contributed by atoms with Crippen LogP contribution in [-0.4, -0.2) is 22.4 Å². The summed E-state index contributed by atoms with van der Waals surface area (Å²) in [4.78, 5) is 0. The second kappa shape index (κ2) is 4.82. The van der Waals surface area contributed by atoms with Crippen molar-refractivity contribution in [3.63, 3.8) is 0 Å². The van der Waals surface area contributed by atoms with E-state index in [1.807, 2.05) is 6.08 Å². The van der Waals surface area contributed by atoms with E-state index in [9.17, 15) is 14.6 Å². The normalized spacial score (nSPS) is 55.3. The molecule has 0 saturated heterocycles. The Labute approximate surface area is 137 Å². The molecule has 4 heteroatoms. The lowest BCUT2D eigenvalue weighted by atomic mass is 9.45. The van der Waals surface area contributed by atoms with Gasteiger partial charge in [0, 0.05) is 6.42 Å². The Morgan fingerprint density at radius 2 is 1.96 bits per heavy atom. The summed E-state index contributed by atoms with van der Waals surface area (Å²) in [6, 6.07) is -0.526. The van der Waals surface area contributed by atoms with Crippen LogP contribution in [0.1, 0.15) is 46.0 Å². The van der Waals surface area contributed by atoms with Crippen molar-refractivity contribution in [2.45, 2.75) is 58.1 Å². The predicted octanol–water partition coefficient (Wildman–Crippen LogP) is 3.45. The molecular weight excluding hydrogens is 293 g/mol. The molecule has 4 rings (SSSR count). The number of aliphatic hydroxyl groups is 2. The molecule has 0 aliphatic heterocycles. The molecule has 2 saturated carbocycles. The molecule has 3 nitrogen and oxygen atoms in total. The predicted molar refractivity (Wildman–Crippen MR) is 87.1 cm³/mol. The molecular formula is C19H28FNO2. The molecule has 4 aliphatic carbocycles. The molecule has 4 aliphatic rings. The Kier molecular flexibility index (Phi) is 3.28. The zero-order valence-corrected chi connectivity index (χ0v) is 14.0. The molecule has 0 aromatic carbocycles. The Balaban J connectivity index is 1.74. The summed E-state index contributed by atoms with van der Waals surface area (Å²) in [6.07, 6.45) is 7.48. The number of allylic oxidation sites excluding steroid dienone is 3. The molecule has 0 aromatic heterocycles. The van der Waals surface area contributed by atoms with Crippen molar-refractivity contribution in [2.75, 3.05) is 0 Å². The van der Waals surface area contributed by atoms with Crippen LogP contribution in [0.3, 0.4) is 0 Å². The van der Waals surface area contributed by atoms with E-state index in [2.05, 4.69) is 13.8 Å². The van der Waals surface area contributed by atoms with Gasteiger partial charge in [0.15, 0.2) is 0 Å². The number of rotatable bonds is 0. The molecule has 23 heavy (non-hydrogen) atoms. The average Bonchev–Trinajstić information content (AvgIpc) is 2.73. The number of hydrogen-bond acceptors (Lipinski definition) is 3. The topological polar surface area (TPSA) is 66.5 Å². The zero-order valence-electron chi connectivity index (χ0n) is 14.0. The van der Waals surface area contributed by atoms with Gasteiger partial charge in [0.2, 0.25) is 0 Å². The minimum Gasteiger partial charge on any atom is -0.513 e. The fourth-order valence-corrected chi connectivity index (χ4v) is 6.35. The Morgan fingerprint density at radius 1 is 1.22 bits per heavy atom. The molecule has 0 radical (unpaired) electrons. The van der Waals surface area contributed by atoms with E-state index in [4.69, 9.17) is 5.73 Å². The van der Waals surface area contributed by atoms with Crippen molar-refractivity contribution >= 4 is 0 Å². The van der Waals surface area contributed by atoms with Crippen LogP contribution in [-0.2, 0) is 0 Å². The number of halogens is 1. The van der Waals surface area contributed by atoms with Crippen molar-refractivity contribution in [3.8, 4) is 0 Å². The third-order valence-electron chi connectivity index (χ3n) is 7.93. The largest absolute Gasteiger partial charge is 0.513 e. The highest BCUT2D eigenvalue weighted by atomic mass is 19.1. The second-order valence-electron chi connectivity index (χ2n) is 8.86. The maximum Gasteiger partial charge on any atom is 0.114 e. The van der Waals surface area contributed by atoms with Crippen LogP contribution in [0.4, 0.5) is 4.39 Å². The van der Waals surface area contributed by atoms with E-state index < -0.39 is 12.1 Å². The smallest absolute Gasteiger partial charge is 0.114 e. The highest BCUT2D eigenvalue weighted by Gasteiger charge is 2.61. The lowest BCUT2D eigenvalue weighted by molar-refractivity contribution is -0.137. The zero-order chi connectivity index (χ0) is 16.6. The second-order valence-corrected chi connectivity index (χ2v) is 8.86. The first-order valence-corrected chi connectivity index (χ1v) is 8.98. The number of nitrogens with two attached hydrogens (primary N) is 1. The Bertz CT molecular complexity index is 588. The van der Waals surface area contributed by atoms with E-state index in [1.54, 1.807) is 6.08 Å². The molecule has 0 heterocycles. The summed E-state index contributed by atoms with van der Waals surface area (Å²) in [5.41, 5.74) is 5.98. The summed E-state index contributed by atoms with van der Waals surface area (Å²) in [5, 5.41) is 20.8. The van der Waals surface area contributed by atoms with Gasteiger partial charge in [0.1, 0.15) is 5.83 Å². The minimum absolute atomic E-state index is 0.0310. The van der Waals surface area contributed by atoms with Crippen molar-refractivity contribution in [3.05, 3.63) is 23.7 Å². The summed E-state index contributed by atoms with van der Waals surface area (Å²) in [5.74, 6) is 0.978. The highest BCUT2D eigenvalue weighted by molar-refractivity contribution is 5.26. The summed E-state index contributed by atoms with van der Waals surface area (Å²) < 4.78 is 14.2. The first-order chi connectivity index (χ1) is 10.8. The molecule has 8 atom stereocenters. The SMILES string of the molecule is C[C@]12CCC(O)=CC1CC(O)[C@@H]1[C@H]2CC[C@]2(C)C(N)C(F)=C[C@@H]12. The Hall–Kier alpha value is -0.870. The Morgan fingerprint density at radius 3 is 2.70 bits per heavy atom. The van der Waals surface area contributed by atoms with Gasteiger partial charge in [-0.3, -0.25) is 0 Å². The van der Waals surface area contributed by atoms with Gasteiger partial charge in [0.05, 0.1) is 17.9 Å². The van der Waals surface area contributed by atoms with Gasteiger partial charge in [-0.1, -0.05) is 13.8 Å². The van der Waals surface area contributed by atoms with Crippen molar-refractivity contribution in [1.29, 1.82) is 0 Å². The van der Waals surface area contributed by atoms with Gasteiger partial charge in [-0.25, -0.2) is 4.39 Å². The van der Waals surface area contributed by atoms with E-state index in [0.717, 1.165) is 25.7 Å². The standard InChI is InChI=1S/C19H28FNO2/c1-18-5-3-11(22)7-10(18)8-15(23)16-12(18)4-6-19(2)13(16)9-14(20)17(19)21/h7,9-10,12-13,15-17,22-23H,3-6,8,21H2,1-2H3/t10?,12-,13+,15?,16-,17?,18+,19+/m1/s1. The molecule has 0 aromatic rings. The van der Waals surface area contributed by atoms with E-state index in [0.29, 0.717) is 18.1 Å². The van der Waals surface area contributed by atoms with Crippen LogP contribution < -0.4 is 5.73 Å². The number of fused-ring (bicyclic) bond motifs is 5. The maximum absolute atomic E-state index is 14.2. The van der Waals surface area contributed by atoms with Crippen LogP contribution in [0, 0.1) is 34.5 Å². The highest BCUT2D eigenvalue weighted by Crippen LogP contribution is 2.65. The van der Waals surface area contributed by atoms with E-state index in [1.165, 1.54) is 0 Å². The van der Waals surface area contributed by atoms with E-state index >= 15 is 0 Å². The molecule has 0 spiro atoms. The summed E-state index contributed by atoms with van der Waals surface area (Å²) >= 11 is 0. The molecule has 128 valence electrons. The maximum atomic E-state index is 14.2. The first kappa shape index (κ1) is 15.6. The van der Waals surface area contributed by atoms with Gasteiger partial charge >= 0.3 is 0 Å². The number of aliphatic hydroxyl groups excluding tert-OH is 2. The molecule has 4 N–H and O–H groups in total. The third kappa shape index (κ3) is 1.94. The minimum atomic E-state index is -0.526. The molecule has 2 fully saturated rings. The third-order valence-corrected chi connectivity index (χ3v) is 7.93. The van der Waals surface area contributed by atoms with Gasteiger partial charge in [-0.05, 0) is 72.3 Å². The lowest BCUT2D eigenvalue weighted by Gasteiger charge is -2.60. The van der Waals surface area contributed by atoms with Gasteiger partial charge in [-0.2, -0.15) is 0 Å². The van der Waals surface area contributed by atoms with Crippen LogP contribution in [0.15, 0.2) is 23.7 Å². The van der Waals surface area contributed by atoms with Gasteiger partial charge in [0.25, 0.3) is 0 Å². The van der Waals surface area contributed by atoms with Crippen LogP contribution in [0.25, 0.3) is 0 Å². The summed E-state index contributed by atoms with van der Waals surface area (Å²) in [7, 11) is 0. The van der Waals surface area contributed by atoms with Crippen LogP contribution in [0.5, 0.6) is 0 Å². The molecule has 3 unspecified atom stereocenters. The fraction of sp³-hybridized carbons (Fsp3) is 0.789. The fourth-order valence-electron chi connectivity index (χ4n) is 6.35. The van der Waals surface area contributed by atoms with Crippen LogP contribution in [0.2, 0.25) is 0 Å².